The molecule has 1 saturated heterocycles. The Morgan fingerprint density at radius 2 is 1.65 bits per heavy atom. The van der Waals surface area contributed by atoms with Gasteiger partial charge < -0.3 is 9.64 Å². The van der Waals surface area contributed by atoms with Crippen molar-refractivity contribution in [1.82, 2.24) is 0 Å². The van der Waals surface area contributed by atoms with E-state index in [2.05, 4.69) is 11.0 Å². The van der Waals surface area contributed by atoms with E-state index in [0.29, 0.717) is 25.0 Å². The van der Waals surface area contributed by atoms with Gasteiger partial charge in [-0.25, -0.2) is 8.78 Å². The van der Waals surface area contributed by atoms with Crippen LogP contribution >= 0.6 is 0 Å². The van der Waals surface area contributed by atoms with Gasteiger partial charge in [0.1, 0.15) is 24.0 Å². The summed E-state index contributed by atoms with van der Waals surface area (Å²) in [6.07, 6.45) is 11.0. The third kappa shape index (κ3) is 7.26. The average Bonchev–Trinajstić information content (AvgIpc) is 2.91. The lowest BCUT2D eigenvalue weighted by atomic mass is 9.82. The van der Waals surface area contributed by atoms with Gasteiger partial charge in [-0.3, -0.25) is 4.79 Å². The van der Waals surface area contributed by atoms with E-state index < -0.39 is 0 Å². The second kappa shape index (κ2) is 12.8. The quantitative estimate of drug-likeness (QED) is 0.154. The average molecular weight is 500 g/mol. The molecule has 0 saturated carbocycles. The number of nitrogens with zero attached hydrogens (tertiary/aromatic N) is 1. The van der Waals surface area contributed by atoms with Crippen LogP contribution in [0.4, 0.5) is 14.5 Å². The van der Waals surface area contributed by atoms with Gasteiger partial charge in [0.2, 0.25) is 0 Å². The lowest BCUT2D eigenvalue weighted by Gasteiger charge is -2.48. The van der Waals surface area contributed by atoms with Crippen LogP contribution in [0.2, 0.25) is 0 Å². The highest BCUT2D eigenvalue weighted by Gasteiger charge is 2.37. The highest BCUT2D eigenvalue weighted by atomic mass is 19.1. The van der Waals surface area contributed by atoms with Gasteiger partial charge in [0, 0.05) is 30.1 Å². The van der Waals surface area contributed by atoms with E-state index in [1.54, 1.807) is 12.1 Å². The highest BCUT2D eigenvalue weighted by Crippen LogP contribution is 2.35. The second-order valence-corrected chi connectivity index (χ2v) is 9.08. The summed E-state index contributed by atoms with van der Waals surface area (Å²) in [5.74, 6) is 0.390. The number of hydrogen-bond donors (Lipinski definition) is 0. The van der Waals surface area contributed by atoms with E-state index in [9.17, 15) is 13.6 Å². The molecule has 0 aliphatic carbocycles. The number of allylic oxidation sites excluding steroid dienone is 4. The van der Waals surface area contributed by atoms with Crippen molar-refractivity contribution in [1.29, 1.82) is 0 Å². The van der Waals surface area contributed by atoms with E-state index >= 15 is 0 Å². The van der Waals surface area contributed by atoms with Gasteiger partial charge >= 0.3 is 0 Å². The first-order chi connectivity index (χ1) is 18.0. The molecule has 1 fully saturated rings. The van der Waals surface area contributed by atoms with Crippen molar-refractivity contribution in [2.24, 2.45) is 5.92 Å². The molecule has 2 atom stereocenters. The number of ketones is 1. The molecular weight excluding hydrogens is 468 g/mol. The summed E-state index contributed by atoms with van der Waals surface area (Å²) in [5.41, 5.74) is 2.56. The summed E-state index contributed by atoms with van der Waals surface area (Å²) in [4.78, 5) is 14.8. The molecule has 0 amide bonds. The summed E-state index contributed by atoms with van der Waals surface area (Å²) in [6, 6.07) is 22.2. The minimum atomic E-state index is -0.353. The molecule has 1 aliphatic rings. The fourth-order valence-electron chi connectivity index (χ4n) is 4.45. The molecule has 0 aromatic heterocycles. The van der Waals surface area contributed by atoms with Crippen LogP contribution < -0.4 is 4.90 Å². The van der Waals surface area contributed by atoms with E-state index in [0.717, 1.165) is 23.6 Å². The normalized spacial score (nSPS) is 17.8. The fourth-order valence-corrected chi connectivity index (χ4v) is 4.45. The van der Waals surface area contributed by atoms with Gasteiger partial charge in [-0.15, -0.1) is 0 Å². The van der Waals surface area contributed by atoms with Crippen molar-refractivity contribution in [2.45, 2.75) is 32.4 Å². The monoisotopic (exact) mass is 499 g/mol. The Kier molecular flexibility index (Phi) is 9.03. The third-order valence-electron chi connectivity index (χ3n) is 6.49. The van der Waals surface area contributed by atoms with E-state index in [1.165, 1.54) is 36.4 Å². The first-order valence-electron chi connectivity index (χ1n) is 12.5. The number of carbonyl (C=O) groups is 1. The molecule has 3 nitrogen and oxygen atoms in total. The Balaban J connectivity index is 1.44. The van der Waals surface area contributed by atoms with Crippen LogP contribution in [0.15, 0.2) is 115 Å². The van der Waals surface area contributed by atoms with Crippen LogP contribution in [-0.2, 0) is 11.3 Å². The van der Waals surface area contributed by atoms with Gasteiger partial charge in [0.05, 0.1) is 6.04 Å². The van der Waals surface area contributed by atoms with Crippen LogP contribution in [0, 0.1) is 17.6 Å². The van der Waals surface area contributed by atoms with Crippen LogP contribution in [0.25, 0.3) is 0 Å². The van der Waals surface area contributed by atoms with Crippen molar-refractivity contribution in [3.8, 4) is 0 Å². The van der Waals surface area contributed by atoms with Gasteiger partial charge in [0.25, 0.3) is 0 Å². The zero-order valence-corrected chi connectivity index (χ0v) is 20.9. The van der Waals surface area contributed by atoms with Crippen LogP contribution in [-0.4, -0.2) is 18.4 Å². The fraction of sp³-hybridized carbons (Fsp3) is 0.219. The Hall–Kier alpha value is -3.99. The Morgan fingerprint density at radius 3 is 2.32 bits per heavy atom. The van der Waals surface area contributed by atoms with Crippen LogP contribution in [0.3, 0.4) is 0 Å². The molecule has 0 bridgehead atoms. The number of Topliss-reactive ketones (excluding diaryl/α,β-unsaturated/α-hetero) is 1. The molecule has 0 radical (unpaired) electrons. The highest BCUT2D eigenvalue weighted by molar-refractivity contribution is 5.96. The SMILES string of the molecule is C\C=C/C(=C\C=C\[C@@H]1[C@@H](CCC(=O)c2ccc(F)cc2)CN1c1ccc(F)cc1)OCc1ccccc1. The first kappa shape index (κ1) is 26.1. The zero-order chi connectivity index (χ0) is 26.0. The summed E-state index contributed by atoms with van der Waals surface area (Å²) in [6.45, 7) is 3.19. The van der Waals surface area contributed by atoms with E-state index in [-0.39, 0.29) is 29.4 Å². The molecule has 0 unspecified atom stereocenters. The largest absolute Gasteiger partial charge is 0.489 e. The van der Waals surface area contributed by atoms with Crippen molar-refractivity contribution < 1.29 is 18.3 Å². The zero-order valence-electron chi connectivity index (χ0n) is 20.9. The molecule has 190 valence electrons. The maximum absolute atomic E-state index is 13.5. The van der Waals surface area contributed by atoms with Gasteiger partial charge in [-0.1, -0.05) is 48.6 Å². The third-order valence-corrected chi connectivity index (χ3v) is 6.49. The van der Waals surface area contributed by atoms with Gasteiger partial charge in [-0.05, 0) is 79.6 Å². The molecule has 37 heavy (non-hydrogen) atoms. The predicted molar refractivity (Wildman–Crippen MR) is 144 cm³/mol. The molecule has 0 N–H and O–H groups in total. The molecular formula is C32H31F2NO2. The molecule has 1 aliphatic heterocycles. The number of carbonyl (C=O) groups excluding carboxylic acids is 1. The van der Waals surface area contributed by atoms with Crippen molar-refractivity contribution in [2.75, 3.05) is 11.4 Å². The van der Waals surface area contributed by atoms with E-state index in [1.807, 2.05) is 61.6 Å². The number of anilines is 1. The molecule has 0 spiro atoms. The Bertz CT molecular complexity index is 1250. The number of benzene rings is 3. The minimum absolute atomic E-state index is 0.00698. The molecule has 4 rings (SSSR count). The van der Waals surface area contributed by atoms with Gasteiger partial charge in [-0.2, -0.15) is 0 Å². The molecule has 3 aromatic carbocycles. The summed E-state index contributed by atoms with van der Waals surface area (Å²) < 4.78 is 32.7. The number of rotatable bonds is 11. The van der Waals surface area contributed by atoms with Crippen LogP contribution in [0.1, 0.15) is 35.7 Å². The maximum Gasteiger partial charge on any atom is 0.162 e. The predicted octanol–water partition coefficient (Wildman–Crippen LogP) is 7.67. The van der Waals surface area contributed by atoms with E-state index in [4.69, 9.17) is 4.74 Å². The van der Waals surface area contributed by atoms with Crippen molar-refractivity contribution in [3.63, 3.8) is 0 Å². The summed E-state index contributed by atoms with van der Waals surface area (Å²) >= 11 is 0. The summed E-state index contributed by atoms with van der Waals surface area (Å²) in [7, 11) is 0. The van der Waals surface area contributed by atoms with Gasteiger partial charge in [0.15, 0.2) is 5.78 Å². The minimum Gasteiger partial charge on any atom is -0.489 e. The number of hydrogen-bond acceptors (Lipinski definition) is 3. The van der Waals surface area contributed by atoms with Crippen molar-refractivity contribution in [3.05, 3.63) is 138 Å². The second-order valence-electron chi connectivity index (χ2n) is 9.08. The Morgan fingerprint density at radius 1 is 0.973 bits per heavy atom. The molecule has 1 heterocycles. The smallest absolute Gasteiger partial charge is 0.162 e. The Labute approximate surface area is 217 Å². The maximum atomic E-state index is 13.5. The lowest BCUT2D eigenvalue weighted by molar-refractivity contribution is 0.0968. The molecule has 3 aromatic rings. The molecule has 5 heteroatoms. The first-order valence-corrected chi connectivity index (χ1v) is 12.5. The topological polar surface area (TPSA) is 29.5 Å². The number of halogens is 2. The summed E-state index contributed by atoms with van der Waals surface area (Å²) in [5, 5.41) is 0. The number of ether oxygens (including phenoxy) is 1. The van der Waals surface area contributed by atoms with Crippen molar-refractivity contribution >= 4 is 11.5 Å². The lowest BCUT2D eigenvalue weighted by Crippen LogP contribution is -2.55. The standard InChI is InChI=1S/C32H31F2NO2/c1-2-7-30(37-23-24-8-4-3-5-9-24)10-6-11-31-26(22-35(31)29-19-17-28(34)18-20-29)14-21-32(36)25-12-15-27(33)16-13-25/h2-13,15-20,26,31H,14,21-23H2,1H3/b7-2-,11-6+,30-10+/t26-,31+/m0/s1. The van der Waals surface area contributed by atoms with Crippen LogP contribution in [0.5, 0.6) is 0 Å².